The van der Waals surface area contributed by atoms with Crippen LogP contribution in [0.2, 0.25) is 5.02 Å². The number of nitrogens with one attached hydrogen (secondary N) is 1. The molecule has 0 fully saturated rings. The fourth-order valence-electron chi connectivity index (χ4n) is 1.54. The number of rotatable bonds is 4. The maximum Gasteiger partial charge on any atom is 0.243 e. The van der Waals surface area contributed by atoms with E-state index in [2.05, 4.69) is 20.4 Å². The molecule has 0 saturated heterocycles. The molecule has 19 heavy (non-hydrogen) atoms. The highest BCUT2D eigenvalue weighted by molar-refractivity contribution is 6.31. The van der Waals surface area contributed by atoms with E-state index in [0.717, 1.165) is 17.8 Å². The molecule has 0 bridgehead atoms. The number of hydrogen-bond donors (Lipinski definition) is 2. The average molecular weight is 280 g/mol. The molecule has 0 radical (unpaired) electrons. The fraction of sp³-hybridized carbons (Fsp3) is 0.250. The number of ether oxygens (including phenoxy) is 1. The Balaban J connectivity index is 2.35. The maximum absolute atomic E-state index is 5.99. The molecule has 0 spiro atoms. The molecular formula is C12H14ClN5O. The molecule has 0 aliphatic carbocycles. The van der Waals surface area contributed by atoms with Crippen molar-refractivity contribution >= 4 is 17.5 Å². The lowest BCUT2D eigenvalue weighted by Crippen LogP contribution is -2.10. The molecule has 6 nitrogen and oxygen atoms in total. The minimum absolute atomic E-state index is 0.234. The van der Waals surface area contributed by atoms with Gasteiger partial charge >= 0.3 is 0 Å². The molecule has 100 valence electrons. The highest BCUT2D eigenvalue weighted by Crippen LogP contribution is 2.29. The van der Waals surface area contributed by atoms with Gasteiger partial charge < -0.3 is 4.74 Å². The predicted molar refractivity (Wildman–Crippen MR) is 73.3 cm³/mol. The molecule has 2 rings (SSSR count). The Morgan fingerprint density at radius 3 is 2.84 bits per heavy atom. The van der Waals surface area contributed by atoms with Crippen LogP contribution >= 0.6 is 11.6 Å². The number of pyridine rings is 1. The molecular weight excluding hydrogens is 266 g/mol. The summed E-state index contributed by atoms with van der Waals surface area (Å²) in [6, 6.07) is 3.71. The molecule has 2 heterocycles. The lowest BCUT2D eigenvalue weighted by Gasteiger charge is -2.10. The minimum Gasteiger partial charge on any atom is -0.435 e. The summed E-state index contributed by atoms with van der Waals surface area (Å²) in [6.07, 6.45) is 2.17. The monoisotopic (exact) mass is 279 g/mol. The van der Waals surface area contributed by atoms with Crippen LogP contribution in [0.4, 0.5) is 5.95 Å². The van der Waals surface area contributed by atoms with E-state index in [9.17, 15) is 0 Å². The van der Waals surface area contributed by atoms with Gasteiger partial charge in [-0.05, 0) is 25.5 Å². The van der Waals surface area contributed by atoms with Crippen LogP contribution in [0, 0.1) is 6.92 Å². The second-order valence-corrected chi connectivity index (χ2v) is 4.25. The van der Waals surface area contributed by atoms with Gasteiger partial charge in [0.1, 0.15) is 5.02 Å². The molecule has 0 saturated carbocycles. The summed E-state index contributed by atoms with van der Waals surface area (Å²) < 4.78 is 5.69. The summed E-state index contributed by atoms with van der Waals surface area (Å²) in [5.74, 6) is 6.35. The summed E-state index contributed by atoms with van der Waals surface area (Å²) in [4.78, 5) is 12.3. The second-order valence-electron chi connectivity index (χ2n) is 3.84. The molecule has 0 unspecified atom stereocenters. The zero-order valence-electron chi connectivity index (χ0n) is 10.6. The lowest BCUT2D eigenvalue weighted by molar-refractivity contribution is 0.453. The Kier molecular flexibility index (Phi) is 4.13. The molecule has 2 aromatic heterocycles. The van der Waals surface area contributed by atoms with Crippen molar-refractivity contribution in [3.8, 4) is 11.6 Å². The topological polar surface area (TPSA) is 86.0 Å². The van der Waals surface area contributed by atoms with Crippen LogP contribution in [0.15, 0.2) is 18.3 Å². The van der Waals surface area contributed by atoms with Gasteiger partial charge in [-0.1, -0.05) is 18.5 Å². The average Bonchev–Trinajstić information content (AvgIpc) is 2.43. The van der Waals surface area contributed by atoms with Crippen molar-refractivity contribution in [2.75, 3.05) is 5.43 Å². The molecule has 7 heteroatoms. The fourth-order valence-corrected chi connectivity index (χ4v) is 1.67. The van der Waals surface area contributed by atoms with Gasteiger partial charge in [-0.15, -0.1) is 0 Å². The lowest BCUT2D eigenvalue weighted by atomic mass is 10.2. The van der Waals surface area contributed by atoms with E-state index in [4.69, 9.17) is 22.2 Å². The minimum atomic E-state index is 0.234. The standard InChI is InChI=1S/C12H14ClN5O/c1-3-9-10(5-4-7(2)16-9)19-11-8(13)6-15-12(17-11)18-14/h4-6H,3,14H2,1-2H3,(H,15,17,18). The summed E-state index contributed by atoms with van der Waals surface area (Å²) in [5.41, 5.74) is 4.12. The number of hydrazine groups is 1. The third kappa shape index (κ3) is 3.10. The molecule has 3 N–H and O–H groups in total. The van der Waals surface area contributed by atoms with Crippen molar-refractivity contribution in [3.05, 3.63) is 34.7 Å². The zero-order chi connectivity index (χ0) is 13.8. The Bertz CT molecular complexity index is 590. The van der Waals surface area contributed by atoms with E-state index in [-0.39, 0.29) is 11.8 Å². The van der Waals surface area contributed by atoms with Crippen molar-refractivity contribution in [1.82, 2.24) is 15.0 Å². The third-order valence-corrected chi connectivity index (χ3v) is 2.71. The Morgan fingerprint density at radius 1 is 1.37 bits per heavy atom. The van der Waals surface area contributed by atoms with Gasteiger partial charge in [0, 0.05) is 5.69 Å². The van der Waals surface area contributed by atoms with Gasteiger partial charge in [0.15, 0.2) is 5.75 Å². The van der Waals surface area contributed by atoms with Gasteiger partial charge in [-0.25, -0.2) is 10.8 Å². The molecule has 0 amide bonds. The van der Waals surface area contributed by atoms with Crippen molar-refractivity contribution < 1.29 is 4.74 Å². The van der Waals surface area contributed by atoms with Gasteiger partial charge in [-0.2, -0.15) is 4.98 Å². The number of nitrogens with zero attached hydrogens (tertiary/aromatic N) is 3. The van der Waals surface area contributed by atoms with E-state index in [1.807, 2.05) is 26.0 Å². The van der Waals surface area contributed by atoms with Crippen molar-refractivity contribution in [2.24, 2.45) is 5.84 Å². The van der Waals surface area contributed by atoms with Crippen LogP contribution in [-0.2, 0) is 6.42 Å². The van der Waals surface area contributed by atoms with Crippen molar-refractivity contribution in [3.63, 3.8) is 0 Å². The quantitative estimate of drug-likeness (QED) is 0.660. The Hall–Kier alpha value is -1.92. The Morgan fingerprint density at radius 2 is 2.16 bits per heavy atom. The largest absolute Gasteiger partial charge is 0.435 e. The smallest absolute Gasteiger partial charge is 0.243 e. The number of anilines is 1. The molecule has 0 aromatic carbocycles. The number of nitrogen functional groups attached to an aromatic ring is 1. The van der Waals surface area contributed by atoms with Crippen LogP contribution < -0.4 is 16.0 Å². The van der Waals surface area contributed by atoms with E-state index >= 15 is 0 Å². The zero-order valence-corrected chi connectivity index (χ0v) is 11.4. The van der Waals surface area contributed by atoms with Crippen molar-refractivity contribution in [2.45, 2.75) is 20.3 Å². The summed E-state index contributed by atoms with van der Waals surface area (Å²) in [6.45, 7) is 3.93. The van der Waals surface area contributed by atoms with Crippen molar-refractivity contribution in [1.29, 1.82) is 0 Å². The first-order chi connectivity index (χ1) is 9.13. The highest BCUT2D eigenvalue weighted by atomic mass is 35.5. The van der Waals surface area contributed by atoms with E-state index in [1.165, 1.54) is 6.20 Å². The normalized spacial score (nSPS) is 10.3. The van der Waals surface area contributed by atoms with E-state index in [0.29, 0.717) is 10.8 Å². The summed E-state index contributed by atoms with van der Waals surface area (Å²) in [5, 5.41) is 0.307. The first-order valence-electron chi connectivity index (χ1n) is 5.77. The predicted octanol–water partition coefficient (Wildman–Crippen LogP) is 2.47. The van der Waals surface area contributed by atoms with Gasteiger partial charge in [0.2, 0.25) is 11.8 Å². The van der Waals surface area contributed by atoms with Gasteiger partial charge in [-0.3, -0.25) is 10.4 Å². The van der Waals surface area contributed by atoms with Crippen LogP contribution in [0.25, 0.3) is 0 Å². The van der Waals surface area contributed by atoms with Gasteiger partial charge in [0.25, 0.3) is 0 Å². The molecule has 2 aromatic rings. The summed E-state index contributed by atoms with van der Waals surface area (Å²) in [7, 11) is 0. The van der Waals surface area contributed by atoms with Crippen LogP contribution in [0.3, 0.4) is 0 Å². The van der Waals surface area contributed by atoms with Crippen LogP contribution in [0.5, 0.6) is 11.6 Å². The van der Waals surface area contributed by atoms with Crippen LogP contribution in [0.1, 0.15) is 18.3 Å². The SMILES string of the molecule is CCc1nc(C)ccc1Oc1nc(NN)ncc1Cl. The molecule has 0 aliphatic rings. The van der Waals surface area contributed by atoms with E-state index < -0.39 is 0 Å². The second kappa shape index (κ2) is 5.81. The number of aryl methyl sites for hydroxylation is 2. The highest BCUT2D eigenvalue weighted by Gasteiger charge is 2.11. The number of hydrogen-bond acceptors (Lipinski definition) is 6. The first-order valence-corrected chi connectivity index (χ1v) is 6.15. The number of aromatic nitrogens is 3. The third-order valence-electron chi connectivity index (χ3n) is 2.45. The molecule has 0 atom stereocenters. The Labute approximate surface area is 116 Å². The molecule has 0 aliphatic heterocycles. The van der Waals surface area contributed by atoms with E-state index in [1.54, 1.807) is 0 Å². The maximum atomic E-state index is 5.99. The number of halogens is 1. The number of nitrogens with two attached hydrogens (primary N) is 1. The first kappa shape index (κ1) is 13.5. The van der Waals surface area contributed by atoms with Gasteiger partial charge in [0.05, 0.1) is 11.9 Å². The van der Waals surface area contributed by atoms with Crippen LogP contribution in [-0.4, -0.2) is 15.0 Å². The summed E-state index contributed by atoms with van der Waals surface area (Å²) >= 11 is 5.99.